The molecule has 2 rings (SSSR count). The highest BCUT2D eigenvalue weighted by molar-refractivity contribution is 7.11. The number of anilines is 2. The van der Waals surface area contributed by atoms with Crippen LogP contribution < -0.4 is 15.8 Å². The average Bonchev–Trinajstić information content (AvgIpc) is 2.83. The molecule has 0 aliphatic heterocycles. The minimum absolute atomic E-state index is 0.420. The lowest BCUT2D eigenvalue weighted by molar-refractivity contribution is 0.361. The molecule has 1 aliphatic carbocycles. The van der Waals surface area contributed by atoms with E-state index in [1.807, 2.05) is 0 Å². The average molecular weight is 241 g/mol. The zero-order chi connectivity index (χ0) is 11.6. The standard InChI is InChI=1S/C11H19N3OS/c1-11(5-3-4-6-11)7-13-10-8(15-2)9(12)14-16-10/h13H,3-7H2,1-2H3,(H2,12,14). The molecular formula is C11H19N3OS. The van der Waals surface area contributed by atoms with Crippen molar-refractivity contribution < 1.29 is 4.74 Å². The molecule has 5 heteroatoms. The second kappa shape index (κ2) is 4.49. The van der Waals surface area contributed by atoms with Crippen molar-refractivity contribution in [2.45, 2.75) is 32.6 Å². The molecule has 3 N–H and O–H groups in total. The minimum atomic E-state index is 0.420. The molecule has 1 aliphatic rings. The van der Waals surface area contributed by atoms with E-state index in [-0.39, 0.29) is 0 Å². The van der Waals surface area contributed by atoms with Crippen LogP contribution in [0.15, 0.2) is 0 Å². The molecule has 1 saturated carbocycles. The number of aromatic nitrogens is 1. The maximum absolute atomic E-state index is 5.70. The minimum Gasteiger partial charge on any atom is -0.490 e. The molecular weight excluding hydrogens is 222 g/mol. The van der Waals surface area contributed by atoms with Crippen molar-refractivity contribution in [1.82, 2.24) is 4.37 Å². The highest BCUT2D eigenvalue weighted by Gasteiger charge is 2.28. The van der Waals surface area contributed by atoms with Gasteiger partial charge in [0.15, 0.2) is 16.6 Å². The van der Waals surface area contributed by atoms with Gasteiger partial charge in [0.1, 0.15) is 0 Å². The summed E-state index contributed by atoms with van der Waals surface area (Å²) in [5.41, 5.74) is 6.12. The van der Waals surface area contributed by atoms with E-state index in [1.165, 1.54) is 37.2 Å². The smallest absolute Gasteiger partial charge is 0.197 e. The van der Waals surface area contributed by atoms with Crippen molar-refractivity contribution >= 4 is 22.4 Å². The van der Waals surface area contributed by atoms with Gasteiger partial charge in [-0.2, -0.15) is 4.37 Å². The lowest BCUT2D eigenvalue weighted by atomic mass is 9.89. The van der Waals surface area contributed by atoms with E-state index >= 15 is 0 Å². The van der Waals surface area contributed by atoms with Crippen molar-refractivity contribution in [2.24, 2.45) is 5.41 Å². The zero-order valence-corrected chi connectivity index (χ0v) is 10.7. The number of hydrogen-bond donors (Lipinski definition) is 2. The first-order valence-electron chi connectivity index (χ1n) is 5.68. The summed E-state index contributed by atoms with van der Waals surface area (Å²) >= 11 is 1.37. The molecule has 0 aromatic carbocycles. The van der Waals surface area contributed by atoms with Gasteiger partial charge < -0.3 is 15.8 Å². The molecule has 0 spiro atoms. The molecule has 0 amide bonds. The number of nitrogens with two attached hydrogens (primary N) is 1. The summed E-state index contributed by atoms with van der Waals surface area (Å²) in [4.78, 5) is 0. The summed E-state index contributed by atoms with van der Waals surface area (Å²) < 4.78 is 9.31. The van der Waals surface area contributed by atoms with E-state index < -0.39 is 0 Å². The van der Waals surface area contributed by atoms with Crippen molar-refractivity contribution in [3.63, 3.8) is 0 Å². The van der Waals surface area contributed by atoms with E-state index in [0.29, 0.717) is 17.0 Å². The summed E-state index contributed by atoms with van der Waals surface area (Å²) in [6, 6.07) is 0. The second-order valence-corrected chi connectivity index (χ2v) is 5.57. The molecule has 4 nitrogen and oxygen atoms in total. The van der Waals surface area contributed by atoms with E-state index in [9.17, 15) is 0 Å². The normalized spacial score (nSPS) is 18.6. The number of ether oxygens (including phenoxy) is 1. The van der Waals surface area contributed by atoms with E-state index in [2.05, 4.69) is 16.6 Å². The first-order chi connectivity index (χ1) is 7.64. The maximum Gasteiger partial charge on any atom is 0.197 e. The van der Waals surface area contributed by atoms with Crippen LogP contribution in [0, 0.1) is 5.41 Å². The summed E-state index contributed by atoms with van der Waals surface area (Å²) in [6.07, 6.45) is 5.30. The van der Waals surface area contributed by atoms with Crippen LogP contribution in [0.2, 0.25) is 0 Å². The molecule has 1 aromatic rings. The molecule has 16 heavy (non-hydrogen) atoms. The summed E-state index contributed by atoms with van der Waals surface area (Å²) in [7, 11) is 1.63. The third kappa shape index (κ3) is 2.24. The topological polar surface area (TPSA) is 60.2 Å². The fourth-order valence-electron chi connectivity index (χ4n) is 2.30. The molecule has 1 heterocycles. The SMILES string of the molecule is COc1c(N)nsc1NCC1(C)CCCC1. The Morgan fingerprint density at radius 2 is 2.19 bits per heavy atom. The summed E-state index contributed by atoms with van der Waals surface area (Å²) in [5, 5.41) is 4.37. The molecule has 0 atom stereocenters. The molecule has 0 radical (unpaired) electrons. The van der Waals surface area contributed by atoms with Gasteiger partial charge in [0.05, 0.1) is 7.11 Å². The first kappa shape index (κ1) is 11.5. The number of nitrogens with zero attached hydrogens (tertiary/aromatic N) is 1. The Morgan fingerprint density at radius 3 is 2.81 bits per heavy atom. The van der Waals surface area contributed by atoms with E-state index in [0.717, 1.165) is 11.5 Å². The Balaban J connectivity index is 1.98. The maximum atomic E-state index is 5.70. The molecule has 1 aromatic heterocycles. The third-order valence-corrected chi connectivity index (χ3v) is 4.16. The lowest BCUT2D eigenvalue weighted by Crippen LogP contribution is -2.22. The lowest BCUT2D eigenvalue weighted by Gasteiger charge is -2.23. The number of hydrogen-bond acceptors (Lipinski definition) is 5. The largest absolute Gasteiger partial charge is 0.490 e. The van der Waals surface area contributed by atoms with Crippen LogP contribution in [0.3, 0.4) is 0 Å². The van der Waals surface area contributed by atoms with Gasteiger partial charge in [0, 0.05) is 6.54 Å². The Kier molecular flexibility index (Phi) is 3.23. The number of nitrogen functional groups attached to an aromatic ring is 1. The van der Waals surface area contributed by atoms with E-state index in [4.69, 9.17) is 10.5 Å². The van der Waals surface area contributed by atoms with Gasteiger partial charge in [-0.05, 0) is 29.8 Å². The van der Waals surface area contributed by atoms with Crippen LogP contribution in [0.5, 0.6) is 5.75 Å². The van der Waals surface area contributed by atoms with Crippen LogP contribution >= 0.6 is 11.5 Å². The quantitative estimate of drug-likeness (QED) is 0.851. The van der Waals surface area contributed by atoms with Crippen LogP contribution in [-0.2, 0) is 0 Å². The highest BCUT2D eigenvalue weighted by Crippen LogP contribution is 2.40. The van der Waals surface area contributed by atoms with Crippen molar-refractivity contribution in [1.29, 1.82) is 0 Å². The van der Waals surface area contributed by atoms with Gasteiger partial charge in [0.25, 0.3) is 0 Å². The Hall–Kier alpha value is -0.970. The van der Waals surface area contributed by atoms with Crippen LogP contribution in [0.25, 0.3) is 0 Å². The Labute approximate surface area is 100 Å². The summed E-state index contributed by atoms with van der Waals surface area (Å²) in [6.45, 7) is 3.31. The van der Waals surface area contributed by atoms with Gasteiger partial charge >= 0.3 is 0 Å². The summed E-state index contributed by atoms with van der Waals surface area (Å²) in [5.74, 6) is 1.16. The predicted octanol–water partition coefficient (Wildman–Crippen LogP) is 2.73. The van der Waals surface area contributed by atoms with E-state index in [1.54, 1.807) is 7.11 Å². The number of methoxy groups -OCH3 is 1. The predicted molar refractivity (Wildman–Crippen MR) is 68.1 cm³/mol. The molecule has 0 saturated heterocycles. The van der Waals surface area contributed by atoms with Crippen LogP contribution in [0.4, 0.5) is 10.8 Å². The number of nitrogens with one attached hydrogen (secondary N) is 1. The Morgan fingerprint density at radius 1 is 1.50 bits per heavy atom. The first-order valence-corrected chi connectivity index (χ1v) is 6.45. The van der Waals surface area contributed by atoms with Crippen LogP contribution in [-0.4, -0.2) is 18.0 Å². The third-order valence-electron chi connectivity index (χ3n) is 3.36. The Bertz CT molecular complexity index is 358. The molecule has 1 fully saturated rings. The fourth-order valence-corrected chi connectivity index (χ4v) is 2.98. The van der Waals surface area contributed by atoms with Crippen LogP contribution in [0.1, 0.15) is 32.6 Å². The monoisotopic (exact) mass is 241 g/mol. The molecule has 0 unspecified atom stereocenters. The van der Waals surface area contributed by atoms with Gasteiger partial charge in [-0.15, -0.1) is 0 Å². The van der Waals surface area contributed by atoms with Gasteiger partial charge in [0.2, 0.25) is 0 Å². The highest BCUT2D eigenvalue weighted by atomic mass is 32.1. The number of rotatable bonds is 4. The van der Waals surface area contributed by atoms with Gasteiger partial charge in [-0.1, -0.05) is 19.8 Å². The second-order valence-electron chi connectivity index (χ2n) is 4.80. The van der Waals surface area contributed by atoms with Crippen molar-refractivity contribution in [2.75, 3.05) is 24.7 Å². The van der Waals surface area contributed by atoms with Crippen molar-refractivity contribution in [3.8, 4) is 5.75 Å². The zero-order valence-electron chi connectivity index (χ0n) is 9.88. The molecule has 0 bridgehead atoms. The van der Waals surface area contributed by atoms with Gasteiger partial charge in [-0.25, -0.2) is 0 Å². The fraction of sp³-hybridized carbons (Fsp3) is 0.727. The van der Waals surface area contributed by atoms with Gasteiger partial charge in [-0.3, -0.25) is 0 Å². The molecule has 90 valence electrons. The van der Waals surface area contributed by atoms with Crippen molar-refractivity contribution in [3.05, 3.63) is 0 Å².